The van der Waals surface area contributed by atoms with Crippen molar-refractivity contribution < 1.29 is 9.53 Å². The van der Waals surface area contributed by atoms with Crippen LogP contribution in [-0.2, 0) is 17.8 Å². The van der Waals surface area contributed by atoms with Crippen molar-refractivity contribution in [1.29, 1.82) is 0 Å². The van der Waals surface area contributed by atoms with Crippen LogP contribution < -0.4 is 15.5 Å². The van der Waals surface area contributed by atoms with E-state index in [4.69, 9.17) is 4.74 Å². The van der Waals surface area contributed by atoms with Gasteiger partial charge in [0, 0.05) is 56.2 Å². The standard InChI is InChI=1S/C20H27N5O2/c1-2-6-22-19(26)18-5-3-4-16(11-18)12-21-13-17-14-23-20(24-15-17)25-7-9-27-10-8-25/h3-5,11,14-15,21H,2,6-10,12-13H2,1H3,(H,22,26). The first kappa shape index (κ1) is 19.3. The third kappa shape index (κ3) is 5.74. The number of rotatable bonds is 8. The van der Waals surface area contributed by atoms with E-state index in [0.717, 1.165) is 49.8 Å². The minimum Gasteiger partial charge on any atom is -0.378 e. The second-order valence-corrected chi connectivity index (χ2v) is 6.55. The predicted octanol–water partition coefficient (Wildman–Crippen LogP) is 1.74. The van der Waals surface area contributed by atoms with Gasteiger partial charge in [-0.25, -0.2) is 9.97 Å². The van der Waals surface area contributed by atoms with Crippen molar-refractivity contribution in [2.45, 2.75) is 26.4 Å². The van der Waals surface area contributed by atoms with E-state index in [1.54, 1.807) is 0 Å². The van der Waals surface area contributed by atoms with E-state index in [0.29, 0.717) is 25.2 Å². The van der Waals surface area contributed by atoms with Crippen molar-refractivity contribution in [3.05, 3.63) is 53.3 Å². The van der Waals surface area contributed by atoms with Gasteiger partial charge in [0.05, 0.1) is 13.2 Å². The van der Waals surface area contributed by atoms with Crippen molar-refractivity contribution in [3.8, 4) is 0 Å². The van der Waals surface area contributed by atoms with Crippen molar-refractivity contribution in [2.24, 2.45) is 0 Å². The van der Waals surface area contributed by atoms with Crippen LogP contribution in [0.1, 0.15) is 34.8 Å². The van der Waals surface area contributed by atoms with Crippen LogP contribution in [0, 0.1) is 0 Å². The maximum Gasteiger partial charge on any atom is 0.251 e. The Morgan fingerprint density at radius 1 is 1.15 bits per heavy atom. The summed E-state index contributed by atoms with van der Waals surface area (Å²) in [5, 5.41) is 6.28. The van der Waals surface area contributed by atoms with Crippen LogP contribution in [0.25, 0.3) is 0 Å². The summed E-state index contributed by atoms with van der Waals surface area (Å²) in [7, 11) is 0. The Hall–Kier alpha value is -2.51. The van der Waals surface area contributed by atoms with Crippen LogP contribution >= 0.6 is 0 Å². The number of hydrogen-bond acceptors (Lipinski definition) is 6. The number of aromatic nitrogens is 2. The summed E-state index contributed by atoms with van der Waals surface area (Å²) in [5.41, 5.74) is 2.80. The number of morpholine rings is 1. The number of nitrogens with zero attached hydrogens (tertiary/aromatic N) is 3. The van der Waals surface area contributed by atoms with Crippen LogP contribution in [-0.4, -0.2) is 48.7 Å². The number of hydrogen-bond donors (Lipinski definition) is 2. The Morgan fingerprint density at radius 2 is 1.89 bits per heavy atom. The first-order valence-corrected chi connectivity index (χ1v) is 9.47. The van der Waals surface area contributed by atoms with Gasteiger partial charge in [0.15, 0.2) is 0 Å². The zero-order valence-corrected chi connectivity index (χ0v) is 15.8. The van der Waals surface area contributed by atoms with Crippen LogP contribution in [0.3, 0.4) is 0 Å². The van der Waals surface area contributed by atoms with E-state index in [2.05, 4.69) is 25.5 Å². The van der Waals surface area contributed by atoms with Crippen LogP contribution in [0.2, 0.25) is 0 Å². The number of nitrogens with one attached hydrogen (secondary N) is 2. The maximum absolute atomic E-state index is 12.1. The minimum atomic E-state index is -0.0224. The van der Waals surface area contributed by atoms with E-state index in [1.165, 1.54) is 0 Å². The summed E-state index contributed by atoms with van der Waals surface area (Å²) in [6, 6.07) is 7.70. The average molecular weight is 369 g/mol. The van der Waals surface area contributed by atoms with E-state index >= 15 is 0 Å². The topological polar surface area (TPSA) is 79.4 Å². The Kier molecular flexibility index (Phi) is 7.12. The number of ether oxygens (including phenoxy) is 1. The molecule has 2 N–H and O–H groups in total. The molecule has 3 rings (SSSR count). The lowest BCUT2D eigenvalue weighted by Gasteiger charge is -2.26. The predicted molar refractivity (Wildman–Crippen MR) is 105 cm³/mol. The molecule has 0 radical (unpaired) electrons. The molecule has 1 amide bonds. The Labute approximate surface area is 160 Å². The fraction of sp³-hybridized carbons (Fsp3) is 0.450. The zero-order chi connectivity index (χ0) is 18.9. The van der Waals surface area contributed by atoms with E-state index in [9.17, 15) is 4.79 Å². The largest absolute Gasteiger partial charge is 0.378 e. The third-order valence-corrected chi connectivity index (χ3v) is 4.37. The average Bonchev–Trinajstić information content (AvgIpc) is 2.73. The summed E-state index contributed by atoms with van der Waals surface area (Å²) < 4.78 is 5.35. The van der Waals surface area contributed by atoms with E-state index < -0.39 is 0 Å². The van der Waals surface area contributed by atoms with Gasteiger partial charge in [-0.1, -0.05) is 19.1 Å². The monoisotopic (exact) mass is 369 g/mol. The van der Waals surface area contributed by atoms with E-state index in [1.807, 2.05) is 43.6 Å². The molecule has 1 aromatic heterocycles. The molecule has 1 aliphatic rings. The summed E-state index contributed by atoms with van der Waals surface area (Å²) in [6.07, 6.45) is 4.65. The van der Waals surface area contributed by atoms with E-state index in [-0.39, 0.29) is 5.91 Å². The molecular formula is C20H27N5O2. The highest BCUT2D eigenvalue weighted by atomic mass is 16.5. The summed E-state index contributed by atoms with van der Waals surface area (Å²) >= 11 is 0. The molecule has 2 heterocycles. The van der Waals surface area contributed by atoms with Gasteiger partial charge in [0.25, 0.3) is 5.91 Å². The molecule has 27 heavy (non-hydrogen) atoms. The fourth-order valence-electron chi connectivity index (χ4n) is 2.88. The zero-order valence-electron chi connectivity index (χ0n) is 15.8. The molecule has 1 aromatic carbocycles. The van der Waals surface area contributed by atoms with Gasteiger partial charge in [-0.3, -0.25) is 4.79 Å². The normalized spacial score (nSPS) is 14.2. The second kappa shape index (κ2) is 9.99. The quantitative estimate of drug-likeness (QED) is 0.738. The molecule has 1 fully saturated rings. The van der Waals surface area contributed by atoms with Crippen LogP contribution in [0.5, 0.6) is 0 Å². The number of carbonyl (C=O) groups excluding carboxylic acids is 1. The molecule has 144 valence electrons. The van der Waals surface area contributed by atoms with Gasteiger partial charge in [-0.2, -0.15) is 0 Å². The maximum atomic E-state index is 12.1. The number of carbonyl (C=O) groups is 1. The van der Waals surface area contributed by atoms with Crippen LogP contribution in [0.15, 0.2) is 36.7 Å². The number of amides is 1. The Balaban J connectivity index is 1.48. The molecule has 0 unspecified atom stereocenters. The Bertz CT molecular complexity index is 729. The van der Waals surface area contributed by atoms with Gasteiger partial charge in [-0.05, 0) is 24.1 Å². The van der Waals surface area contributed by atoms with Crippen LogP contribution in [0.4, 0.5) is 5.95 Å². The Morgan fingerprint density at radius 3 is 2.63 bits per heavy atom. The number of benzene rings is 1. The molecule has 1 saturated heterocycles. The molecule has 0 bridgehead atoms. The van der Waals surface area contributed by atoms with Gasteiger partial charge in [-0.15, -0.1) is 0 Å². The third-order valence-electron chi connectivity index (χ3n) is 4.37. The highest BCUT2D eigenvalue weighted by Crippen LogP contribution is 2.10. The lowest BCUT2D eigenvalue weighted by Crippen LogP contribution is -2.37. The molecule has 7 nitrogen and oxygen atoms in total. The molecule has 0 aliphatic carbocycles. The summed E-state index contributed by atoms with van der Waals surface area (Å²) in [6.45, 7) is 7.21. The fourth-order valence-corrected chi connectivity index (χ4v) is 2.88. The van der Waals surface area contributed by atoms with Gasteiger partial charge < -0.3 is 20.3 Å². The lowest BCUT2D eigenvalue weighted by atomic mass is 10.1. The van der Waals surface area contributed by atoms with Gasteiger partial charge in [0.2, 0.25) is 5.95 Å². The number of anilines is 1. The van der Waals surface area contributed by atoms with Crippen molar-refractivity contribution in [1.82, 2.24) is 20.6 Å². The molecule has 1 aliphatic heterocycles. The molecule has 0 atom stereocenters. The second-order valence-electron chi connectivity index (χ2n) is 6.55. The summed E-state index contributed by atoms with van der Waals surface area (Å²) in [4.78, 5) is 23.1. The first-order valence-electron chi connectivity index (χ1n) is 9.47. The highest BCUT2D eigenvalue weighted by molar-refractivity contribution is 5.94. The molecule has 0 spiro atoms. The van der Waals surface area contributed by atoms with Gasteiger partial charge in [0.1, 0.15) is 0 Å². The molecule has 0 saturated carbocycles. The van der Waals surface area contributed by atoms with Crippen molar-refractivity contribution in [2.75, 3.05) is 37.7 Å². The molecule has 7 heteroatoms. The smallest absolute Gasteiger partial charge is 0.251 e. The van der Waals surface area contributed by atoms with Gasteiger partial charge >= 0.3 is 0 Å². The SMILES string of the molecule is CCCNC(=O)c1cccc(CNCc2cnc(N3CCOCC3)nc2)c1. The minimum absolute atomic E-state index is 0.0224. The first-order chi connectivity index (χ1) is 13.3. The highest BCUT2D eigenvalue weighted by Gasteiger charge is 2.13. The van der Waals surface area contributed by atoms with Crippen molar-refractivity contribution >= 4 is 11.9 Å². The lowest BCUT2D eigenvalue weighted by molar-refractivity contribution is 0.0953. The molecular weight excluding hydrogens is 342 g/mol. The van der Waals surface area contributed by atoms with Crippen molar-refractivity contribution in [3.63, 3.8) is 0 Å². The molecule has 2 aromatic rings. The summed E-state index contributed by atoms with van der Waals surface area (Å²) in [5.74, 6) is 0.735.